The lowest BCUT2D eigenvalue weighted by atomic mass is 9.87. The van der Waals surface area contributed by atoms with Crippen LogP contribution in [0.3, 0.4) is 0 Å². The molecule has 3 unspecified atom stereocenters. The smallest absolute Gasteiger partial charge is 0.302 e. The van der Waals surface area contributed by atoms with Gasteiger partial charge >= 0.3 is 5.97 Å². The molecule has 0 radical (unpaired) electrons. The molecule has 1 fully saturated rings. The topological polar surface area (TPSA) is 49.8 Å². The van der Waals surface area contributed by atoms with Gasteiger partial charge in [-0.3, -0.25) is 4.79 Å². The van der Waals surface area contributed by atoms with Crippen LogP contribution in [-0.2, 0) is 9.53 Å². The van der Waals surface area contributed by atoms with Crippen LogP contribution in [0.4, 0.5) is 0 Å². The number of halogens is 1. The van der Waals surface area contributed by atoms with Gasteiger partial charge < -0.3 is 14.7 Å². The SMILES string of the molecule is CC(=O)OC1CCN(C)CC1C(O)CCC#CI. The highest BCUT2D eigenvalue weighted by Gasteiger charge is 2.34. The van der Waals surface area contributed by atoms with E-state index in [2.05, 4.69) is 14.7 Å². The molecule has 1 aliphatic rings. The van der Waals surface area contributed by atoms with Crippen LogP contribution < -0.4 is 0 Å². The van der Waals surface area contributed by atoms with Gasteiger partial charge in [-0.05, 0) is 23.8 Å². The molecular formula is C13H20INO3. The van der Waals surface area contributed by atoms with E-state index < -0.39 is 6.10 Å². The Labute approximate surface area is 122 Å². The van der Waals surface area contributed by atoms with Gasteiger partial charge in [0.25, 0.3) is 0 Å². The van der Waals surface area contributed by atoms with E-state index in [1.807, 2.05) is 29.6 Å². The highest BCUT2D eigenvalue weighted by molar-refractivity contribution is 14.1. The molecule has 0 spiro atoms. The molecule has 4 nitrogen and oxygen atoms in total. The summed E-state index contributed by atoms with van der Waals surface area (Å²) in [4.78, 5) is 13.2. The zero-order chi connectivity index (χ0) is 13.5. The Morgan fingerprint density at radius 3 is 3.00 bits per heavy atom. The Morgan fingerprint density at radius 2 is 2.39 bits per heavy atom. The molecule has 5 heteroatoms. The molecule has 0 aliphatic carbocycles. The van der Waals surface area contributed by atoms with Crippen molar-refractivity contribution < 1.29 is 14.6 Å². The quantitative estimate of drug-likeness (QED) is 0.465. The van der Waals surface area contributed by atoms with Gasteiger partial charge in [-0.2, -0.15) is 0 Å². The van der Waals surface area contributed by atoms with Crippen molar-refractivity contribution in [1.82, 2.24) is 4.90 Å². The predicted molar refractivity (Wildman–Crippen MR) is 78.2 cm³/mol. The van der Waals surface area contributed by atoms with E-state index in [1.54, 1.807) is 0 Å². The number of ether oxygens (including phenoxy) is 1. The third-order valence-electron chi connectivity index (χ3n) is 3.24. The Morgan fingerprint density at radius 1 is 1.67 bits per heavy atom. The van der Waals surface area contributed by atoms with E-state index in [0.29, 0.717) is 12.8 Å². The second kappa shape index (κ2) is 7.97. The zero-order valence-electron chi connectivity index (χ0n) is 10.9. The van der Waals surface area contributed by atoms with Crippen molar-refractivity contribution in [2.75, 3.05) is 20.1 Å². The number of rotatable bonds is 4. The van der Waals surface area contributed by atoms with Crippen LogP contribution >= 0.6 is 22.6 Å². The summed E-state index contributed by atoms with van der Waals surface area (Å²) in [7, 11) is 2.02. The number of aliphatic hydroxyl groups excluding tert-OH is 1. The molecular weight excluding hydrogens is 345 g/mol. The van der Waals surface area contributed by atoms with E-state index >= 15 is 0 Å². The maximum Gasteiger partial charge on any atom is 0.302 e. The molecule has 0 aromatic rings. The summed E-state index contributed by atoms with van der Waals surface area (Å²) >= 11 is 1.99. The van der Waals surface area contributed by atoms with Crippen molar-refractivity contribution in [3.05, 3.63) is 0 Å². The Hall–Kier alpha value is -0.320. The van der Waals surface area contributed by atoms with E-state index in [4.69, 9.17) is 4.74 Å². The molecule has 102 valence electrons. The average Bonchev–Trinajstić information content (AvgIpc) is 2.31. The molecule has 1 rings (SSSR count). The van der Waals surface area contributed by atoms with Crippen LogP contribution in [0.15, 0.2) is 0 Å². The molecule has 0 aromatic heterocycles. The van der Waals surface area contributed by atoms with Gasteiger partial charge in [0.2, 0.25) is 0 Å². The molecule has 1 aliphatic heterocycles. The maximum absolute atomic E-state index is 11.1. The fourth-order valence-electron chi connectivity index (χ4n) is 2.34. The van der Waals surface area contributed by atoms with Crippen molar-refractivity contribution in [2.24, 2.45) is 5.92 Å². The van der Waals surface area contributed by atoms with Crippen LogP contribution in [0, 0.1) is 15.8 Å². The van der Waals surface area contributed by atoms with Crippen LogP contribution in [0.1, 0.15) is 26.2 Å². The van der Waals surface area contributed by atoms with Gasteiger partial charge in [0.15, 0.2) is 0 Å². The Balaban J connectivity index is 2.58. The Bertz CT molecular complexity index is 337. The minimum atomic E-state index is -0.464. The number of carbonyl (C=O) groups is 1. The summed E-state index contributed by atoms with van der Waals surface area (Å²) < 4.78 is 8.11. The van der Waals surface area contributed by atoms with Crippen LogP contribution in [0.5, 0.6) is 0 Å². The van der Waals surface area contributed by atoms with E-state index in [1.165, 1.54) is 6.92 Å². The number of carbonyl (C=O) groups excluding carboxylic acids is 1. The number of hydrogen-bond acceptors (Lipinski definition) is 4. The highest BCUT2D eigenvalue weighted by atomic mass is 127. The monoisotopic (exact) mass is 365 g/mol. The average molecular weight is 365 g/mol. The molecule has 0 bridgehead atoms. The standard InChI is InChI=1S/C13H20INO3/c1-10(16)18-13-6-8-15(2)9-11(13)12(17)5-3-4-7-14/h11-13,17H,3,5-6,8-9H2,1-2H3. The number of piperidine rings is 1. The summed E-state index contributed by atoms with van der Waals surface area (Å²) in [5.74, 6) is 2.66. The first-order valence-corrected chi connectivity index (χ1v) is 7.24. The second-order valence-electron chi connectivity index (χ2n) is 4.74. The van der Waals surface area contributed by atoms with Crippen LogP contribution in [0.25, 0.3) is 0 Å². The molecule has 0 saturated carbocycles. The fraction of sp³-hybridized carbons (Fsp3) is 0.769. The number of hydrogen-bond donors (Lipinski definition) is 1. The van der Waals surface area contributed by atoms with Gasteiger partial charge in [-0.25, -0.2) is 0 Å². The lowest BCUT2D eigenvalue weighted by Gasteiger charge is -2.38. The lowest BCUT2D eigenvalue weighted by Crippen LogP contribution is -2.48. The maximum atomic E-state index is 11.1. The first kappa shape index (κ1) is 15.7. The minimum Gasteiger partial charge on any atom is -0.462 e. The third-order valence-corrected chi connectivity index (χ3v) is 3.62. The Kier molecular flexibility index (Phi) is 6.97. The lowest BCUT2D eigenvalue weighted by molar-refractivity contribution is -0.155. The molecule has 1 heterocycles. The third kappa shape index (κ3) is 5.12. The normalized spacial score (nSPS) is 26.0. The molecule has 1 saturated heterocycles. The zero-order valence-corrected chi connectivity index (χ0v) is 13.0. The van der Waals surface area contributed by atoms with Gasteiger partial charge in [0.05, 0.1) is 6.10 Å². The van der Waals surface area contributed by atoms with Crippen molar-refractivity contribution >= 4 is 28.6 Å². The number of nitrogens with zero attached hydrogens (tertiary/aromatic N) is 1. The fourth-order valence-corrected chi connectivity index (χ4v) is 2.61. The summed E-state index contributed by atoms with van der Waals surface area (Å²) in [5, 5.41) is 10.2. The van der Waals surface area contributed by atoms with Gasteiger partial charge in [-0.15, -0.1) is 0 Å². The van der Waals surface area contributed by atoms with Gasteiger partial charge in [0, 0.05) is 54.9 Å². The van der Waals surface area contributed by atoms with Crippen molar-refractivity contribution in [2.45, 2.75) is 38.4 Å². The van der Waals surface area contributed by atoms with E-state index in [0.717, 1.165) is 19.5 Å². The molecule has 0 aromatic carbocycles. The largest absolute Gasteiger partial charge is 0.462 e. The first-order valence-electron chi connectivity index (χ1n) is 6.17. The van der Waals surface area contributed by atoms with Crippen molar-refractivity contribution in [3.63, 3.8) is 0 Å². The summed E-state index contributed by atoms with van der Waals surface area (Å²) in [6, 6.07) is 0. The van der Waals surface area contributed by atoms with E-state index in [-0.39, 0.29) is 18.0 Å². The number of aliphatic hydroxyl groups is 1. The number of likely N-dealkylation sites (tertiary alicyclic amines) is 1. The minimum absolute atomic E-state index is 0.0105. The summed E-state index contributed by atoms with van der Waals surface area (Å²) in [5.41, 5.74) is 0. The first-order chi connectivity index (χ1) is 8.54. The molecule has 0 amide bonds. The predicted octanol–water partition coefficient (Wildman–Crippen LogP) is 1.41. The van der Waals surface area contributed by atoms with Crippen molar-refractivity contribution in [1.29, 1.82) is 0 Å². The van der Waals surface area contributed by atoms with E-state index in [9.17, 15) is 9.90 Å². The second-order valence-corrected chi connectivity index (χ2v) is 5.28. The molecule has 18 heavy (non-hydrogen) atoms. The van der Waals surface area contributed by atoms with Gasteiger partial charge in [-0.1, -0.05) is 5.92 Å². The van der Waals surface area contributed by atoms with Crippen LogP contribution in [0.2, 0.25) is 0 Å². The highest BCUT2D eigenvalue weighted by Crippen LogP contribution is 2.24. The molecule has 1 N–H and O–H groups in total. The van der Waals surface area contributed by atoms with Crippen molar-refractivity contribution in [3.8, 4) is 9.85 Å². The summed E-state index contributed by atoms with van der Waals surface area (Å²) in [6.45, 7) is 3.08. The number of esters is 1. The summed E-state index contributed by atoms with van der Waals surface area (Å²) in [6.07, 6.45) is 1.47. The molecule has 3 atom stereocenters. The van der Waals surface area contributed by atoms with Gasteiger partial charge in [0.1, 0.15) is 6.10 Å². The van der Waals surface area contributed by atoms with Crippen LogP contribution in [-0.4, -0.2) is 48.3 Å².